The van der Waals surface area contributed by atoms with E-state index in [2.05, 4.69) is 31.1 Å². The fraction of sp³-hybridized carbons (Fsp3) is 0.516. The Kier molecular flexibility index (Phi) is 14.2. The first-order valence-electron chi connectivity index (χ1n) is 14.4. The van der Waals surface area contributed by atoms with Crippen molar-refractivity contribution in [3.8, 4) is 0 Å². The van der Waals surface area contributed by atoms with Crippen molar-refractivity contribution in [3.63, 3.8) is 0 Å². The second-order valence-corrected chi connectivity index (χ2v) is 22.7. The molecule has 1 amide bonds. The number of aromatic nitrogens is 2. The quantitative estimate of drug-likeness (QED) is 0.191. The van der Waals surface area contributed by atoms with Gasteiger partial charge in [0.25, 0.3) is 0 Å². The number of nitrogens with zero attached hydrogens (tertiary/aromatic N) is 2. The van der Waals surface area contributed by atoms with Gasteiger partial charge in [-0.3, -0.25) is 0 Å². The van der Waals surface area contributed by atoms with Gasteiger partial charge >= 0.3 is 216 Å². The zero-order valence-electron chi connectivity index (χ0n) is 23.8. The van der Waals surface area contributed by atoms with Crippen molar-refractivity contribution in [1.29, 1.82) is 0 Å². The molecule has 3 aromatic rings. The van der Waals surface area contributed by atoms with Crippen LogP contribution in [0.25, 0.3) is 10.8 Å². The average Bonchev–Trinajstić information content (AvgIpc) is 2.96. The van der Waals surface area contributed by atoms with Crippen LogP contribution in [0.3, 0.4) is 0 Å². The van der Waals surface area contributed by atoms with Gasteiger partial charge in [-0.05, 0) is 0 Å². The number of pyridine rings is 2. The van der Waals surface area contributed by atoms with E-state index in [1.807, 2.05) is 62.6 Å². The van der Waals surface area contributed by atoms with Crippen molar-refractivity contribution in [3.05, 3.63) is 65.6 Å². The summed E-state index contributed by atoms with van der Waals surface area (Å²) in [4.78, 5) is 23.0. The summed E-state index contributed by atoms with van der Waals surface area (Å²) in [6.45, 7) is 11.8. The summed E-state index contributed by atoms with van der Waals surface area (Å²) < 4.78 is 5.19. The van der Waals surface area contributed by atoms with Gasteiger partial charge in [-0.15, -0.1) is 0 Å². The van der Waals surface area contributed by atoms with Crippen molar-refractivity contribution in [2.45, 2.75) is 99.5 Å². The van der Waals surface area contributed by atoms with Crippen LogP contribution < -0.4 is 14.8 Å². The van der Waals surface area contributed by atoms with Crippen LogP contribution in [0.2, 0.25) is 13.3 Å². The standard InChI is InChI=1S/C17H15N4O.3C4H9.C2H6.Sn/c18-8-12-2-1-3-13(6-12)9-21-17(22)16-7-14-4-5-19-10-15(14)11-20-16;3*1-3-4-2;1-2;/h1-7,10H,8-9,18H2,(H,21,22);3*1,3-4H2,2H3;1-2H3;. The Bertz CT molecular complexity index is 1080. The number of fused-ring (bicyclic) bond motifs is 1. The first kappa shape index (κ1) is 31.2. The van der Waals surface area contributed by atoms with Gasteiger partial charge < -0.3 is 0 Å². The van der Waals surface area contributed by atoms with Crippen LogP contribution >= 0.6 is 0 Å². The van der Waals surface area contributed by atoms with Crippen LogP contribution in [-0.4, -0.2) is 34.3 Å². The third kappa shape index (κ3) is 8.78. The summed E-state index contributed by atoms with van der Waals surface area (Å²) in [6.07, 6.45) is 11.2. The summed E-state index contributed by atoms with van der Waals surface area (Å²) in [6, 6.07) is 12.0. The Morgan fingerprint density at radius 3 is 2.14 bits per heavy atom. The van der Waals surface area contributed by atoms with Gasteiger partial charge in [-0.25, -0.2) is 0 Å². The molecule has 37 heavy (non-hydrogen) atoms. The van der Waals surface area contributed by atoms with E-state index in [4.69, 9.17) is 10.7 Å². The van der Waals surface area contributed by atoms with Crippen molar-refractivity contribution < 1.29 is 4.79 Å². The van der Waals surface area contributed by atoms with E-state index < -0.39 is 18.4 Å². The fourth-order valence-corrected chi connectivity index (χ4v) is 21.3. The van der Waals surface area contributed by atoms with E-state index in [0.29, 0.717) is 18.8 Å². The number of hydrogen-bond acceptors (Lipinski definition) is 4. The zero-order valence-corrected chi connectivity index (χ0v) is 26.6. The summed E-state index contributed by atoms with van der Waals surface area (Å²) in [7, 11) is 0. The normalized spacial score (nSPS) is 11.2. The Balaban J connectivity index is 0.00000235. The topological polar surface area (TPSA) is 80.9 Å². The zero-order chi connectivity index (χ0) is 27.1. The number of nitrogens with two attached hydrogens (primary N) is 1. The summed E-state index contributed by atoms with van der Waals surface area (Å²) in [5, 5.41) is 5.37. The van der Waals surface area contributed by atoms with Crippen molar-refractivity contribution in [1.82, 2.24) is 15.3 Å². The molecule has 3 rings (SSSR count). The molecule has 5 nitrogen and oxygen atoms in total. The van der Waals surface area contributed by atoms with Crippen LogP contribution in [0.4, 0.5) is 0 Å². The SMILES string of the molecule is CC.CCC[CH2][Sn]([CH2]CCC)([CH2]CCC)[c]1nc(C(=O)NCc2cccc(CN)c2)cc2ccncc12. The van der Waals surface area contributed by atoms with Crippen LogP contribution in [0, 0.1) is 0 Å². The fourth-order valence-electron chi connectivity index (χ4n) is 5.02. The van der Waals surface area contributed by atoms with E-state index in [1.165, 1.54) is 60.9 Å². The Hall–Kier alpha value is -1.99. The number of carbonyl (C=O) groups excluding carboxylic acids is 1. The average molecular weight is 611 g/mol. The molecule has 0 aliphatic rings. The first-order valence-corrected chi connectivity index (χ1v) is 21.9. The van der Waals surface area contributed by atoms with E-state index >= 15 is 0 Å². The molecular formula is C31H48N4OSn. The number of amides is 1. The maximum absolute atomic E-state index is 13.3. The van der Waals surface area contributed by atoms with Gasteiger partial charge in [-0.2, -0.15) is 0 Å². The molecule has 0 aliphatic carbocycles. The predicted octanol–water partition coefficient (Wildman–Crippen LogP) is 7.10. The van der Waals surface area contributed by atoms with Crippen LogP contribution in [-0.2, 0) is 13.1 Å². The molecule has 0 radical (unpaired) electrons. The van der Waals surface area contributed by atoms with Crippen LogP contribution in [0.1, 0.15) is 94.8 Å². The van der Waals surface area contributed by atoms with Gasteiger partial charge in [0.2, 0.25) is 0 Å². The molecule has 0 fully saturated rings. The monoisotopic (exact) mass is 612 g/mol. The molecule has 0 saturated heterocycles. The number of rotatable bonds is 14. The molecular weight excluding hydrogens is 563 g/mol. The summed E-state index contributed by atoms with van der Waals surface area (Å²) in [5.74, 6) is -0.107. The van der Waals surface area contributed by atoms with E-state index in [1.54, 1.807) is 0 Å². The van der Waals surface area contributed by atoms with E-state index in [-0.39, 0.29) is 5.91 Å². The maximum atomic E-state index is 13.3. The molecule has 1 aromatic carbocycles. The molecule has 202 valence electrons. The number of hydrogen-bond donors (Lipinski definition) is 2. The van der Waals surface area contributed by atoms with Crippen LogP contribution in [0.15, 0.2) is 48.8 Å². The number of nitrogens with one attached hydrogen (secondary N) is 1. The Labute approximate surface area is 228 Å². The summed E-state index contributed by atoms with van der Waals surface area (Å²) in [5.41, 5.74) is 8.44. The molecule has 3 N–H and O–H groups in total. The van der Waals surface area contributed by atoms with Crippen LogP contribution in [0.5, 0.6) is 0 Å². The van der Waals surface area contributed by atoms with E-state index in [9.17, 15) is 4.79 Å². The van der Waals surface area contributed by atoms with Gasteiger partial charge in [-0.1, -0.05) is 13.8 Å². The third-order valence-corrected chi connectivity index (χ3v) is 22.3. The minimum absolute atomic E-state index is 0.107. The van der Waals surface area contributed by atoms with Crippen molar-refractivity contribution in [2.75, 3.05) is 0 Å². The molecule has 0 atom stereocenters. The first-order chi connectivity index (χ1) is 18.1. The molecule has 0 unspecified atom stereocenters. The van der Waals surface area contributed by atoms with Gasteiger partial charge in [0, 0.05) is 0 Å². The van der Waals surface area contributed by atoms with E-state index in [0.717, 1.165) is 16.5 Å². The third-order valence-electron chi connectivity index (χ3n) is 7.08. The molecule has 6 heteroatoms. The van der Waals surface area contributed by atoms with Gasteiger partial charge in [0.1, 0.15) is 0 Å². The van der Waals surface area contributed by atoms with Crippen molar-refractivity contribution >= 4 is 38.8 Å². The van der Waals surface area contributed by atoms with Gasteiger partial charge in [0.05, 0.1) is 0 Å². The number of benzene rings is 1. The second-order valence-electron chi connectivity index (χ2n) is 9.75. The summed E-state index contributed by atoms with van der Waals surface area (Å²) >= 11 is -2.89. The Morgan fingerprint density at radius 2 is 1.54 bits per heavy atom. The molecule has 0 bridgehead atoms. The minimum atomic E-state index is -2.89. The second kappa shape index (κ2) is 16.8. The van der Waals surface area contributed by atoms with Gasteiger partial charge in [0.15, 0.2) is 0 Å². The molecule has 0 saturated carbocycles. The molecule has 0 spiro atoms. The number of unbranched alkanes of at least 4 members (excludes halogenated alkanes) is 3. The molecule has 0 aliphatic heterocycles. The van der Waals surface area contributed by atoms with Crippen molar-refractivity contribution in [2.24, 2.45) is 5.73 Å². The number of carbonyl (C=O) groups is 1. The Morgan fingerprint density at radius 1 is 0.919 bits per heavy atom. The molecule has 2 aromatic heterocycles. The predicted molar refractivity (Wildman–Crippen MR) is 161 cm³/mol. The molecule has 2 heterocycles.